The lowest BCUT2D eigenvalue weighted by molar-refractivity contribution is -0.143. The normalized spacial score (nSPS) is 12.0. The van der Waals surface area contributed by atoms with Crippen LogP contribution < -0.4 is 0 Å². The molecule has 140 valence electrons. The van der Waals surface area contributed by atoms with Gasteiger partial charge in [-0.3, -0.25) is 4.79 Å². The zero-order chi connectivity index (χ0) is 18.8. The zero-order valence-electron chi connectivity index (χ0n) is 16.5. The van der Waals surface area contributed by atoms with Crippen molar-refractivity contribution >= 4 is 5.97 Å². The molecule has 2 aromatic carbocycles. The first kappa shape index (κ1) is 20.2. The van der Waals surface area contributed by atoms with Crippen molar-refractivity contribution in [2.75, 3.05) is 6.61 Å². The van der Waals surface area contributed by atoms with Crippen molar-refractivity contribution in [2.45, 2.75) is 65.2 Å². The Balaban J connectivity index is 2.02. The van der Waals surface area contributed by atoms with Gasteiger partial charge in [0.15, 0.2) is 0 Å². The molecule has 0 heterocycles. The van der Waals surface area contributed by atoms with Crippen molar-refractivity contribution < 1.29 is 9.53 Å². The van der Waals surface area contributed by atoms with Crippen LogP contribution in [-0.4, -0.2) is 12.6 Å². The monoisotopic (exact) mass is 352 g/mol. The Labute approximate surface area is 158 Å². The van der Waals surface area contributed by atoms with E-state index in [1.54, 1.807) is 0 Å². The standard InChI is InChI=1S/C24H32O2/c1-4-5-6-10-18-26-24(25)17-16-23(21-13-8-7-9-14-21)22-15-11-12-19(2)20(22)3/h7-9,11-15,23H,4-6,10,16-18H2,1-3H3. The van der Waals surface area contributed by atoms with Crippen LogP contribution in [0.25, 0.3) is 0 Å². The fourth-order valence-electron chi connectivity index (χ4n) is 3.39. The molecule has 0 saturated heterocycles. The number of hydrogen-bond donors (Lipinski definition) is 0. The van der Waals surface area contributed by atoms with Crippen LogP contribution >= 0.6 is 0 Å². The van der Waals surface area contributed by atoms with Gasteiger partial charge in [0.1, 0.15) is 0 Å². The third kappa shape index (κ3) is 6.01. The molecular formula is C24H32O2. The molecule has 0 saturated carbocycles. The number of aryl methyl sites for hydroxylation is 1. The molecule has 0 aliphatic carbocycles. The predicted octanol–water partition coefficient (Wildman–Crippen LogP) is 6.34. The molecule has 1 atom stereocenters. The smallest absolute Gasteiger partial charge is 0.305 e. The number of hydrogen-bond acceptors (Lipinski definition) is 2. The average Bonchev–Trinajstić information content (AvgIpc) is 2.66. The van der Waals surface area contributed by atoms with Crippen molar-refractivity contribution in [2.24, 2.45) is 0 Å². The van der Waals surface area contributed by atoms with Gasteiger partial charge in [0.2, 0.25) is 0 Å². The van der Waals surface area contributed by atoms with Gasteiger partial charge < -0.3 is 4.74 Å². The molecule has 2 aromatic rings. The molecule has 0 bridgehead atoms. The van der Waals surface area contributed by atoms with Crippen LogP contribution in [0.1, 0.15) is 73.6 Å². The van der Waals surface area contributed by atoms with E-state index in [-0.39, 0.29) is 11.9 Å². The molecule has 1 unspecified atom stereocenters. The highest BCUT2D eigenvalue weighted by atomic mass is 16.5. The highest BCUT2D eigenvalue weighted by molar-refractivity contribution is 5.69. The largest absolute Gasteiger partial charge is 0.466 e. The second kappa shape index (κ2) is 10.8. The van der Waals surface area contributed by atoms with Crippen LogP contribution in [-0.2, 0) is 9.53 Å². The van der Waals surface area contributed by atoms with E-state index in [0.29, 0.717) is 13.0 Å². The minimum atomic E-state index is -0.0762. The summed E-state index contributed by atoms with van der Waals surface area (Å²) >= 11 is 0. The number of unbranched alkanes of at least 4 members (excludes halogenated alkanes) is 3. The van der Waals surface area contributed by atoms with Crippen molar-refractivity contribution in [3.63, 3.8) is 0 Å². The minimum absolute atomic E-state index is 0.0762. The molecule has 0 aliphatic rings. The first-order valence-corrected chi connectivity index (χ1v) is 9.90. The van der Waals surface area contributed by atoms with E-state index in [9.17, 15) is 4.79 Å². The van der Waals surface area contributed by atoms with E-state index in [1.807, 2.05) is 6.07 Å². The Kier molecular flexibility index (Phi) is 8.40. The Morgan fingerprint density at radius 3 is 2.46 bits per heavy atom. The van der Waals surface area contributed by atoms with E-state index in [4.69, 9.17) is 4.74 Å². The summed E-state index contributed by atoms with van der Waals surface area (Å²) in [4.78, 5) is 12.2. The molecule has 0 aliphatic heterocycles. The molecule has 2 heteroatoms. The molecule has 2 rings (SSSR count). The van der Waals surface area contributed by atoms with Gasteiger partial charge >= 0.3 is 5.97 Å². The molecule has 26 heavy (non-hydrogen) atoms. The summed E-state index contributed by atoms with van der Waals surface area (Å²) in [6, 6.07) is 16.9. The van der Waals surface area contributed by atoms with Gasteiger partial charge in [-0.05, 0) is 48.9 Å². The molecule has 0 amide bonds. The van der Waals surface area contributed by atoms with Gasteiger partial charge in [0.25, 0.3) is 0 Å². The van der Waals surface area contributed by atoms with Crippen LogP contribution in [0.5, 0.6) is 0 Å². The van der Waals surface area contributed by atoms with E-state index < -0.39 is 0 Å². The number of carbonyl (C=O) groups excluding carboxylic acids is 1. The van der Waals surface area contributed by atoms with Crippen molar-refractivity contribution in [1.29, 1.82) is 0 Å². The number of ether oxygens (including phenoxy) is 1. The molecule has 2 nitrogen and oxygen atoms in total. The zero-order valence-corrected chi connectivity index (χ0v) is 16.5. The number of benzene rings is 2. The summed E-state index contributed by atoms with van der Waals surface area (Å²) in [5.74, 6) is 0.150. The van der Waals surface area contributed by atoms with Crippen molar-refractivity contribution in [3.05, 3.63) is 70.8 Å². The van der Waals surface area contributed by atoms with Crippen LogP contribution in [0.3, 0.4) is 0 Å². The summed E-state index contributed by atoms with van der Waals surface area (Å²) in [7, 11) is 0. The molecule has 0 spiro atoms. The van der Waals surface area contributed by atoms with Gasteiger partial charge in [-0.25, -0.2) is 0 Å². The van der Waals surface area contributed by atoms with Crippen LogP contribution in [0.15, 0.2) is 48.5 Å². The summed E-state index contributed by atoms with van der Waals surface area (Å²) < 4.78 is 5.43. The van der Waals surface area contributed by atoms with Gasteiger partial charge in [-0.2, -0.15) is 0 Å². The van der Waals surface area contributed by atoms with Crippen LogP contribution in [0.2, 0.25) is 0 Å². The summed E-state index contributed by atoms with van der Waals surface area (Å²) in [5.41, 5.74) is 5.18. The maximum atomic E-state index is 12.2. The first-order chi connectivity index (χ1) is 12.6. The summed E-state index contributed by atoms with van der Waals surface area (Å²) in [6.45, 7) is 7.05. The first-order valence-electron chi connectivity index (χ1n) is 9.90. The maximum absolute atomic E-state index is 12.2. The molecular weight excluding hydrogens is 320 g/mol. The average molecular weight is 353 g/mol. The van der Waals surface area contributed by atoms with Gasteiger partial charge in [-0.1, -0.05) is 74.7 Å². The molecule has 0 aromatic heterocycles. The summed E-state index contributed by atoms with van der Waals surface area (Å²) in [5, 5.41) is 0. The molecule has 0 radical (unpaired) electrons. The van der Waals surface area contributed by atoms with E-state index in [0.717, 1.165) is 19.3 Å². The third-order valence-electron chi connectivity index (χ3n) is 5.12. The lowest BCUT2D eigenvalue weighted by Gasteiger charge is -2.21. The van der Waals surface area contributed by atoms with Crippen LogP contribution in [0, 0.1) is 13.8 Å². The predicted molar refractivity (Wildman–Crippen MR) is 109 cm³/mol. The number of carbonyl (C=O) groups is 1. The molecule has 0 fully saturated rings. The highest BCUT2D eigenvalue weighted by Crippen LogP contribution is 2.32. The van der Waals surface area contributed by atoms with Gasteiger partial charge in [0, 0.05) is 12.3 Å². The Morgan fingerprint density at radius 2 is 1.73 bits per heavy atom. The fraction of sp³-hybridized carbons (Fsp3) is 0.458. The SMILES string of the molecule is CCCCCCOC(=O)CCC(c1ccccc1)c1cccc(C)c1C. The van der Waals surface area contributed by atoms with E-state index in [2.05, 4.69) is 63.2 Å². The Morgan fingerprint density at radius 1 is 0.962 bits per heavy atom. The lowest BCUT2D eigenvalue weighted by atomic mass is 9.84. The van der Waals surface area contributed by atoms with Crippen molar-refractivity contribution in [1.82, 2.24) is 0 Å². The second-order valence-electron chi connectivity index (χ2n) is 7.07. The number of esters is 1. The minimum Gasteiger partial charge on any atom is -0.466 e. The highest BCUT2D eigenvalue weighted by Gasteiger charge is 2.18. The maximum Gasteiger partial charge on any atom is 0.305 e. The topological polar surface area (TPSA) is 26.3 Å². The van der Waals surface area contributed by atoms with E-state index in [1.165, 1.54) is 35.1 Å². The Hall–Kier alpha value is -2.09. The Bertz CT molecular complexity index is 676. The third-order valence-corrected chi connectivity index (χ3v) is 5.12. The quantitative estimate of drug-likeness (QED) is 0.368. The number of rotatable bonds is 10. The fourth-order valence-corrected chi connectivity index (χ4v) is 3.39. The van der Waals surface area contributed by atoms with Crippen LogP contribution in [0.4, 0.5) is 0 Å². The summed E-state index contributed by atoms with van der Waals surface area (Å²) in [6.07, 6.45) is 5.75. The second-order valence-corrected chi connectivity index (χ2v) is 7.07. The van der Waals surface area contributed by atoms with Gasteiger partial charge in [0.05, 0.1) is 6.61 Å². The lowest BCUT2D eigenvalue weighted by Crippen LogP contribution is -2.10. The molecule has 0 N–H and O–H groups in total. The van der Waals surface area contributed by atoms with E-state index >= 15 is 0 Å². The van der Waals surface area contributed by atoms with Crippen molar-refractivity contribution in [3.8, 4) is 0 Å². The van der Waals surface area contributed by atoms with Gasteiger partial charge in [-0.15, -0.1) is 0 Å².